The molecule has 1 aromatic heterocycles. The first-order valence-corrected chi connectivity index (χ1v) is 4.67. The van der Waals surface area contributed by atoms with E-state index in [2.05, 4.69) is 5.32 Å². The van der Waals surface area contributed by atoms with Crippen molar-refractivity contribution in [2.24, 2.45) is 11.7 Å². The minimum atomic E-state index is -0.288. The topological polar surface area (TPSA) is 68.3 Å². The Bertz CT molecular complexity index is 282. The fourth-order valence-electron chi connectivity index (χ4n) is 1.09. The monoisotopic (exact) mass is 196 g/mol. The SMILES string of the molecule is CC(CNC(C)c1ccco1)C(N)=O. The van der Waals surface area contributed by atoms with Crippen LogP contribution < -0.4 is 11.1 Å². The first-order valence-electron chi connectivity index (χ1n) is 4.67. The molecule has 3 N–H and O–H groups in total. The molecular formula is C10H16N2O2. The molecule has 0 aliphatic heterocycles. The summed E-state index contributed by atoms with van der Waals surface area (Å²) in [6, 6.07) is 3.84. The van der Waals surface area contributed by atoms with Crippen LogP contribution in [0.3, 0.4) is 0 Å². The lowest BCUT2D eigenvalue weighted by Crippen LogP contribution is -2.32. The molecule has 0 aromatic carbocycles. The van der Waals surface area contributed by atoms with E-state index in [-0.39, 0.29) is 17.9 Å². The third kappa shape index (κ3) is 2.88. The van der Waals surface area contributed by atoms with Gasteiger partial charge in [-0.2, -0.15) is 0 Å². The number of amides is 1. The molecule has 0 aliphatic rings. The average molecular weight is 196 g/mol. The highest BCUT2D eigenvalue weighted by Gasteiger charge is 2.12. The maximum absolute atomic E-state index is 10.8. The van der Waals surface area contributed by atoms with Gasteiger partial charge in [-0.25, -0.2) is 0 Å². The molecule has 0 radical (unpaired) electrons. The molecule has 0 aliphatic carbocycles. The van der Waals surface area contributed by atoms with Crippen molar-refractivity contribution < 1.29 is 9.21 Å². The Hall–Kier alpha value is -1.29. The summed E-state index contributed by atoms with van der Waals surface area (Å²) < 4.78 is 5.21. The van der Waals surface area contributed by atoms with Crippen LogP contribution in [-0.4, -0.2) is 12.5 Å². The van der Waals surface area contributed by atoms with Gasteiger partial charge in [-0.1, -0.05) is 6.92 Å². The highest BCUT2D eigenvalue weighted by Crippen LogP contribution is 2.12. The number of nitrogens with two attached hydrogens (primary N) is 1. The lowest BCUT2D eigenvalue weighted by atomic mass is 10.1. The quantitative estimate of drug-likeness (QED) is 0.739. The first-order chi connectivity index (χ1) is 6.61. The van der Waals surface area contributed by atoms with E-state index >= 15 is 0 Å². The Morgan fingerprint density at radius 3 is 2.86 bits per heavy atom. The molecule has 0 fully saturated rings. The maximum atomic E-state index is 10.8. The summed E-state index contributed by atoms with van der Waals surface area (Å²) in [4.78, 5) is 10.8. The summed E-state index contributed by atoms with van der Waals surface area (Å²) in [7, 11) is 0. The van der Waals surface area contributed by atoms with E-state index in [1.807, 2.05) is 19.1 Å². The van der Waals surface area contributed by atoms with Crippen LogP contribution in [-0.2, 0) is 4.79 Å². The van der Waals surface area contributed by atoms with Crippen molar-refractivity contribution in [3.63, 3.8) is 0 Å². The number of carbonyl (C=O) groups is 1. The molecule has 2 unspecified atom stereocenters. The van der Waals surface area contributed by atoms with E-state index in [1.165, 1.54) is 0 Å². The minimum Gasteiger partial charge on any atom is -0.468 e. The van der Waals surface area contributed by atoms with Crippen LogP contribution in [0.5, 0.6) is 0 Å². The second-order valence-corrected chi connectivity index (χ2v) is 3.45. The van der Waals surface area contributed by atoms with Gasteiger partial charge < -0.3 is 15.5 Å². The van der Waals surface area contributed by atoms with Crippen molar-refractivity contribution in [3.05, 3.63) is 24.2 Å². The second-order valence-electron chi connectivity index (χ2n) is 3.45. The highest BCUT2D eigenvalue weighted by atomic mass is 16.3. The fourth-order valence-corrected chi connectivity index (χ4v) is 1.09. The van der Waals surface area contributed by atoms with E-state index in [0.717, 1.165) is 5.76 Å². The lowest BCUT2D eigenvalue weighted by molar-refractivity contribution is -0.121. The molecule has 0 bridgehead atoms. The van der Waals surface area contributed by atoms with E-state index in [9.17, 15) is 4.79 Å². The Balaban J connectivity index is 2.35. The van der Waals surface area contributed by atoms with E-state index in [0.29, 0.717) is 6.54 Å². The average Bonchev–Trinajstić information content (AvgIpc) is 2.66. The number of carbonyl (C=O) groups excluding carboxylic acids is 1. The summed E-state index contributed by atoms with van der Waals surface area (Å²) in [5.74, 6) is 0.415. The molecule has 1 amide bonds. The van der Waals surface area contributed by atoms with Crippen molar-refractivity contribution in [2.75, 3.05) is 6.54 Å². The Labute approximate surface area is 83.5 Å². The number of primary amides is 1. The van der Waals surface area contributed by atoms with Crippen LogP contribution in [0.4, 0.5) is 0 Å². The molecule has 1 aromatic rings. The smallest absolute Gasteiger partial charge is 0.221 e. The van der Waals surface area contributed by atoms with E-state index in [4.69, 9.17) is 10.2 Å². The van der Waals surface area contributed by atoms with Gasteiger partial charge in [0, 0.05) is 12.5 Å². The molecule has 0 saturated carbocycles. The highest BCUT2D eigenvalue weighted by molar-refractivity contribution is 5.76. The standard InChI is InChI=1S/C10H16N2O2/c1-7(10(11)13)6-12-8(2)9-4-3-5-14-9/h3-5,7-8,12H,6H2,1-2H3,(H2,11,13). The fraction of sp³-hybridized carbons (Fsp3) is 0.500. The van der Waals surface area contributed by atoms with E-state index < -0.39 is 0 Å². The van der Waals surface area contributed by atoms with E-state index in [1.54, 1.807) is 13.2 Å². The summed E-state index contributed by atoms with van der Waals surface area (Å²) in [5, 5.41) is 3.17. The summed E-state index contributed by atoms with van der Waals surface area (Å²) >= 11 is 0. The van der Waals surface area contributed by atoms with Crippen LogP contribution in [0.1, 0.15) is 25.6 Å². The third-order valence-corrected chi connectivity index (χ3v) is 2.19. The number of hydrogen-bond acceptors (Lipinski definition) is 3. The van der Waals surface area contributed by atoms with Gasteiger partial charge in [-0.05, 0) is 19.1 Å². The number of nitrogens with one attached hydrogen (secondary N) is 1. The maximum Gasteiger partial charge on any atom is 0.221 e. The third-order valence-electron chi connectivity index (χ3n) is 2.19. The Morgan fingerprint density at radius 1 is 1.64 bits per heavy atom. The van der Waals surface area contributed by atoms with Crippen LogP contribution in [0.15, 0.2) is 22.8 Å². The molecule has 4 heteroatoms. The van der Waals surface area contributed by atoms with Crippen LogP contribution in [0.25, 0.3) is 0 Å². The molecule has 78 valence electrons. The molecule has 0 spiro atoms. The van der Waals surface area contributed by atoms with Gasteiger partial charge in [0.15, 0.2) is 0 Å². The number of hydrogen-bond donors (Lipinski definition) is 2. The zero-order valence-electron chi connectivity index (χ0n) is 8.49. The van der Waals surface area contributed by atoms with Crippen LogP contribution in [0.2, 0.25) is 0 Å². The summed E-state index contributed by atoms with van der Waals surface area (Å²) in [6.07, 6.45) is 1.63. The van der Waals surface area contributed by atoms with Crippen molar-refractivity contribution in [2.45, 2.75) is 19.9 Å². The zero-order valence-corrected chi connectivity index (χ0v) is 8.49. The first kappa shape index (κ1) is 10.8. The van der Waals surface area contributed by atoms with Gasteiger partial charge in [0.25, 0.3) is 0 Å². The molecular weight excluding hydrogens is 180 g/mol. The number of furan rings is 1. The van der Waals surface area contributed by atoms with Gasteiger partial charge >= 0.3 is 0 Å². The summed E-state index contributed by atoms with van der Waals surface area (Å²) in [6.45, 7) is 4.34. The van der Waals surface area contributed by atoms with Crippen molar-refractivity contribution >= 4 is 5.91 Å². The van der Waals surface area contributed by atoms with Gasteiger partial charge in [0.1, 0.15) is 5.76 Å². The second kappa shape index (κ2) is 4.81. The molecule has 0 saturated heterocycles. The van der Waals surface area contributed by atoms with Crippen molar-refractivity contribution in [1.29, 1.82) is 0 Å². The molecule has 4 nitrogen and oxygen atoms in total. The van der Waals surface area contributed by atoms with Crippen LogP contribution in [0, 0.1) is 5.92 Å². The predicted octanol–water partition coefficient (Wildman–Crippen LogP) is 1.05. The Kier molecular flexibility index (Phi) is 3.71. The number of rotatable bonds is 5. The van der Waals surface area contributed by atoms with Crippen molar-refractivity contribution in [1.82, 2.24) is 5.32 Å². The van der Waals surface area contributed by atoms with Gasteiger partial charge in [0.05, 0.1) is 12.3 Å². The zero-order chi connectivity index (χ0) is 10.6. The van der Waals surface area contributed by atoms with Gasteiger partial charge in [-0.3, -0.25) is 4.79 Å². The van der Waals surface area contributed by atoms with Crippen LogP contribution >= 0.6 is 0 Å². The molecule has 14 heavy (non-hydrogen) atoms. The molecule has 2 atom stereocenters. The van der Waals surface area contributed by atoms with Gasteiger partial charge in [-0.15, -0.1) is 0 Å². The van der Waals surface area contributed by atoms with Gasteiger partial charge in [0.2, 0.25) is 5.91 Å². The normalized spacial score (nSPS) is 15.0. The summed E-state index contributed by atoms with van der Waals surface area (Å²) in [5.41, 5.74) is 5.14. The Morgan fingerprint density at radius 2 is 2.36 bits per heavy atom. The molecule has 1 rings (SSSR count). The minimum absolute atomic E-state index is 0.104. The predicted molar refractivity (Wildman–Crippen MR) is 53.5 cm³/mol. The lowest BCUT2D eigenvalue weighted by Gasteiger charge is -2.13. The molecule has 1 heterocycles. The largest absolute Gasteiger partial charge is 0.468 e. The van der Waals surface area contributed by atoms with Crippen molar-refractivity contribution in [3.8, 4) is 0 Å².